The number of hydrogen-bond acceptors (Lipinski definition) is 4. The molecule has 1 aromatic heterocycles. The van der Waals surface area contributed by atoms with E-state index in [1.165, 1.54) is 6.07 Å². The number of carbonyl (C=O) groups is 1. The zero-order valence-corrected chi connectivity index (χ0v) is 11.7. The number of halogens is 1. The first-order chi connectivity index (χ1) is 9.56. The fourth-order valence-corrected chi connectivity index (χ4v) is 1.86. The molecule has 0 spiro atoms. The number of aryl methyl sites for hydroxylation is 2. The second-order valence-electron chi connectivity index (χ2n) is 4.35. The van der Waals surface area contributed by atoms with Gasteiger partial charge in [0, 0.05) is 0 Å². The van der Waals surface area contributed by atoms with E-state index >= 15 is 0 Å². The van der Waals surface area contributed by atoms with E-state index in [4.69, 9.17) is 9.15 Å². The minimum atomic E-state index is -0.574. The molecule has 5 heteroatoms. The van der Waals surface area contributed by atoms with E-state index in [2.05, 4.69) is 4.98 Å². The Morgan fingerprint density at radius 3 is 2.75 bits per heavy atom. The third-order valence-corrected chi connectivity index (χ3v) is 2.85. The molecule has 0 aliphatic heterocycles. The van der Waals surface area contributed by atoms with E-state index in [0.717, 1.165) is 5.56 Å². The highest BCUT2D eigenvalue weighted by molar-refractivity contribution is 5.88. The lowest BCUT2D eigenvalue weighted by atomic mass is 10.1. The molecular formula is C15H16FNO3. The van der Waals surface area contributed by atoms with Crippen LogP contribution in [0.4, 0.5) is 4.39 Å². The SMILES string of the molecule is CCOC(=O)c1oc(-c2ccc(C)cc2F)nc1CC. The molecule has 0 fully saturated rings. The molecule has 1 aromatic carbocycles. The largest absolute Gasteiger partial charge is 0.460 e. The van der Waals surface area contributed by atoms with Crippen molar-refractivity contribution in [3.05, 3.63) is 41.0 Å². The number of aromatic nitrogens is 1. The van der Waals surface area contributed by atoms with Crippen LogP contribution in [0.3, 0.4) is 0 Å². The molecule has 0 saturated heterocycles. The van der Waals surface area contributed by atoms with Crippen LogP contribution >= 0.6 is 0 Å². The van der Waals surface area contributed by atoms with Crippen LogP contribution in [-0.4, -0.2) is 17.6 Å². The van der Waals surface area contributed by atoms with Crippen LogP contribution in [0.2, 0.25) is 0 Å². The van der Waals surface area contributed by atoms with Crippen molar-refractivity contribution in [2.45, 2.75) is 27.2 Å². The van der Waals surface area contributed by atoms with Crippen LogP contribution in [-0.2, 0) is 11.2 Å². The van der Waals surface area contributed by atoms with Gasteiger partial charge in [0.05, 0.1) is 17.9 Å². The average Bonchev–Trinajstić information content (AvgIpc) is 2.83. The molecule has 0 aliphatic carbocycles. The molecule has 0 atom stereocenters. The Hall–Kier alpha value is -2.17. The summed E-state index contributed by atoms with van der Waals surface area (Å²) in [6.45, 7) is 5.59. The van der Waals surface area contributed by atoms with E-state index in [1.807, 2.05) is 6.92 Å². The van der Waals surface area contributed by atoms with Crippen molar-refractivity contribution >= 4 is 5.97 Å². The average molecular weight is 277 g/mol. The molecule has 4 nitrogen and oxygen atoms in total. The Balaban J connectivity index is 2.45. The lowest BCUT2D eigenvalue weighted by molar-refractivity contribution is 0.0489. The molecule has 0 amide bonds. The highest BCUT2D eigenvalue weighted by atomic mass is 19.1. The number of benzene rings is 1. The van der Waals surface area contributed by atoms with Crippen LogP contribution in [0.25, 0.3) is 11.5 Å². The number of carbonyl (C=O) groups excluding carboxylic acids is 1. The molecule has 0 N–H and O–H groups in total. The van der Waals surface area contributed by atoms with Crippen LogP contribution < -0.4 is 0 Å². The normalized spacial score (nSPS) is 10.6. The summed E-state index contributed by atoms with van der Waals surface area (Å²) in [5, 5.41) is 0. The van der Waals surface area contributed by atoms with Crippen molar-refractivity contribution in [2.75, 3.05) is 6.61 Å². The molecule has 0 saturated carbocycles. The first-order valence-electron chi connectivity index (χ1n) is 6.50. The van der Waals surface area contributed by atoms with Crippen molar-refractivity contribution in [2.24, 2.45) is 0 Å². The lowest BCUT2D eigenvalue weighted by Gasteiger charge is -2.00. The van der Waals surface area contributed by atoms with Gasteiger partial charge in [0.1, 0.15) is 5.82 Å². The first kappa shape index (κ1) is 14.2. The van der Waals surface area contributed by atoms with E-state index in [-0.39, 0.29) is 23.8 Å². The summed E-state index contributed by atoms with van der Waals surface area (Å²) < 4.78 is 24.2. The van der Waals surface area contributed by atoms with Gasteiger partial charge in [0.2, 0.25) is 11.7 Å². The molecule has 1 heterocycles. The smallest absolute Gasteiger partial charge is 0.376 e. The van der Waals surface area contributed by atoms with E-state index in [1.54, 1.807) is 26.0 Å². The third-order valence-electron chi connectivity index (χ3n) is 2.85. The lowest BCUT2D eigenvalue weighted by Crippen LogP contribution is -2.05. The molecule has 0 unspecified atom stereocenters. The zero-order chi connectivity index (χ0) is 14.7. The molecule has 20 heavy (non-hydrogen) atoms. The number of nitrogens with zero attached hydrogens (tertiary/aromatic N) is 1. The maximum Gasteiger partial charge on any atom is 0.376 e. The van der Waals surface area contributed by atoms with Gasteiger partial charge in [-0.15, -0.1) is 0 Å². The molecule has 0 bridgehead atoms. The number of esters is 1. The highest BCUT2D eigenvalue weighted by Crippen LogP contribution is 2.26. The molecule has 2 aromatic rings. The van der Waals surface area contributed by atoms with Gasteiger partial charge in [-0.25, -0.2) is 14.2 Å². The summed E-state index contributed by atoms with van der Waals surface area (Å²) in [5.41, 5.74) is 1.51. The second-order valence-corrected chi connectivity index (χ2v) is 4.35. The minimum absolute atomic E-state index is 0.0457. The molecule has 0 aliphatic rings. The highest BCUT2D eigenvalue weighted by Gasteiger charge is 2.22. The zero-order valence-electron chi connectivity index (χ0n) is 11.7. The van der Waals surface area contributed by atoms with Gasteiger partial charge in [-0.1, -0.05) is 13.0 Å². The van der Waals surface area contributed by atoms with Gasteiger partial charge in [0.25, 0.3) is 0 Å². The predicted octanol–water partition coefficient (Wildman–Crippen LogP) is 3.53. The summed E-state index contributed by atoms with van der Waals surface area (Å²) in [7, 11) is 0. The van der Waals surface area contributed by atoms with Crippen molar-refractivity contribution in [3.63, 3.8) is 0 Å². The van der Waals surface area contributed by atoms with Gasteiger partial charge in [-0.05, 0) is 38.0 Å². The van der Waals surface area contributed by atoms with Gasteiger partial charge in [-0.2, -0.15) is 0 Å². The Morgan fingerprint density at radius 2 is 2.15 bits per heavy atom. The van der Waals surface area contributed by atoms with Crippen LogP contribution in [0.5, 0.6) is 0 Å². The minimum Gasteiger partial charge on any atom is -0.460 e. The summed E-state index contributed by atoms with van der Waals surface area (Å²) in [4.78, 5) is 15.9. The molecule has 0 radical (unpaired) electrons. The molecular weight excluding hydrogens is 261 g/mol. The monoisotopic (exact) mass is 277 g/mol. The van der Waals surface area contributed by atoms with Crippen LogP contribution in [0.1, 0.15) is 35.7 Å². The second kappa shape index (κ2) is 5.86. The van der Waals surface area contributed by atoms with E-state index in [0.29, 0.717) is 12.1 Å². The quantitative estimate of drug-likeness (QED) is 0.802. The third kappa shape index (κ3) is 2.71. The van der Waals surface area contributed by atoms with Crippen molar-refractivity contribution < 1.29 is 18.3 Å². The fraction of sp³-hybridized carbons (Fsp3) is 0.333. The fourth-order valence-electron chi connectivity index (χ4n) is 1.86. The van der Waals surface area contributed by atoms with Crippen LogP contribution in [0, 0.1) is 12.7 Å². The molecule has 106 valence electrons. The number of oxazole rings is 1. The number of rotatable bonds is 4. The number of ether oxygens (including phenoxy) is 1. The number of hydrogen-bond donors (Lipinski definition) is 0. The van der Waals surface area contributed by atoms with Crippen molar-refractivity contribution in [1.29, 1.82) is 0 Å². The van der Waals surface area contributed by atoms with E-state index < -0.39 is 11.8 Å². The summed E-state index contributed by atoms with van der Waals surface area (Å²) in [5.74, 6) is -0.855. The topological polar surface area (TPSA) is 52.3 Å². The summed E-state index contributed by atoms with van der Waals surface area (Å²) in [6, 6.07) is 4.75. The Labute approximate surface area is 116 Å². The summed E-state index contributed by atoms with van der Waals surface area (Å²) in [6.07, 6.45) is 0.505. The maximum atomic E-state index is 13.9. The summed E-state index contributed by atoms with van der Waals surface area (Å²) >= 11 is 0. The van der Waals surface area contributed by atoms with Crippen molar-refractivity contribution in [1.82, 2.24) is 4.98 Å². The predicted molar refractivity (Wildman–Crippen MR) is 72.0 cm³/mol. The Morgan fingerprint density at radius 1 is 1.40 bits per heavy atom. The van der Waals surface area contributed by atoms with E-state index in [9.17, 15) is 9.18 Å². The molecule has 2 rings (SSSR count). The standard InChI is InChI=1S/C15H16FNO3/c1-4-12-13(15(18)19-5-2)20-14(17-12)10-7-6-9(3)8-11(10)16/h6-8H,4-5H2,1-3H3. The Bertz CT molecular complexity index is 634. The van der Waals surface area contributed by atoms with Crippen molar-refractivity contribution in [3.8, 4) is 11.5 Å². The van der Waals surface area contributed by atoms with Gasteiger partial charge in [-0.3, -0.25) is 0 Å². The van der Waals surface area contributed by atoms with Gasteiger partial charge < -0.3 is 9.15 Å². The van der Waals surface area contributed by atoms with Gasteiger partial charge >= 0.3 is 5.97 Å². The maximum absolute atomic E-state index is 13.9. The van der Waals surface area contributed by atoms with Crippen LogP contribution in [0.15, 0.2) is 22.6 Å². The van der Waals surface area contributed by atoms with Gasteiger partial charge in [0.15, 0.2) is 0 Å². The Kier molecular flexibility index (Phi) is 4.17. The first-order valence-corrected chi connectivity index (χ1v) is 6.50.